The first-order valence-electron chi connectivity index (χ1n) is 6.45. The van der Waals surface area contributed by atoms with Crippen LogP contribution in [0.15, 0.2) is 27.8 Å². The van der Waals surface area contributed by atoms with Gasteiger partial charge in [-0.15, -0.1) is 0 Å². The zero-order valence-corrected chi connectivity index (χ0v) is 13.3. The van der Waals surface area contributed by atoms with E-state index in [4.69, 9.17) is 0 Å². The lowest BCUT2D eigenvalue weighted by Gasteiger charge is -2.12. The molecule has 106 valence electrons. The minimum absolute atomic E-state index is 0.586. The molecule has 0 aliphatic rings. The summed E-state index contributed by atoms with van der Waals surface area (Å²) in [7, 11) is 0. The van der Waals surface area contributed by atoms with E-state index in [2.05, 4.69) is 36.4 Å². The van der Waals surface area contributed by atoms with Crippen molar-refractivity contribution in [3.63, 3.8) is 0 Å². The Kier molecular flexibility index (Phi) is 6.36. The molecule has 0 heterocycles. The van der Waals surface area contributed by atoms with Crippen LogP contribution in [0, 0.1) is 0 Å². The molecule has 0 aliphatic carbocycles. The molecule has 0 atom stereocenters. The highest BCUT2D eigenvalue weighted by molar-refractivity contribution is 14.1. The van der Waals surface area contributed by atoms with Gasteiger partial charge in [-0.2, -0.15) is 13.2 Å². The van der Waals surface area contributed by atoms with E-state index < -0.39 is 11.7 Å². The third-order valence-electron chi connectivity index (χ3n) is 2.86. The topological polar surface area (TPSA) is 0 Å². The van der Waals surface area contributed by atoms with Gasteiger partial charge in [0.15, 0.2) is 0 Å². The molecular formula is C15H18F3I. The molecule has 0 bridgehead atoms. The average Bonchev–Trinajstić information content (AvgIpc) is 2.35. The van der Waals surface area contributed by atoms with Gasteiger partial charge in [-0.3, -0.25) is 0 Å². The van der Waals surface area contributed by atoms with E-state index in [0.29, 0.717) is 0 Å². The van der Waals surface area contributed by atoms with Gasteiger partial charge in [-0.25, -0.2) is 0 Å². The summed E-state index contributed by atoms with van der Waals surface area (Å²) in [6.45, 7) is 4.19. The highest BCUT2D eigenvalue weighted by atomic mass is 127. The Morgan fingerprint density at radius 3 is 1.95 bits per heavy atom. The molecule has 0 spiro atoms. The van der Waals surface area contributed by atoms with E-state index in [1.54, 1.807) is 12.1 Å². The van der Waals surface area contributed by atoms with Gasteiger partial charge in [0.05, 0.1) is 5.56 Å². The van der Waals surface area contributed by atoms with Crippen LogP contribution in [-0.2, 0) is 6.18 Å². The van der Waals surface area contributed by atoms with Gasteiger partial charge in [0.1, 0.15) is 0 Å². The van der Waals surface area contributed by atoms with Crippen LogP contribution in [0.1, 0.15) is 50.7 Å². The molecule has 1 aromatic carbocycles. The largest absolute Gasteiger partial charge is 0.416 e. The van der Waals surface area contributed by atoms with Gasteiger partial charge in [0, 0.05) is 0 Å². The lowest BCUT2D eigenvalue weighted by Crippen LogP contribution is -2.04. The van der Waals surface area contributed by atoms with Gasteiger partial charge in [0.25, 0.3) is 0 Å². The summed E-state index contributed by atoms with van der Waals surface area (Å²) in [5.41, 5.74) is 1.50. The number of hydrogen-bond acceptors (Lipinski definition) is 0. The molecule has 19 heavy (non-hydrogen) atoms. The molecule has 0 saturated carbocycles. The van der Waals surface area contributed by atoms with Crippen molar-refractivity contribution in [1.82, 2.24) is 0 Å². The minimum Gasteiger partial charge on any atom is -0.166 e. The Morgan fingerprint density at radius 1 is 1.00 bits per heavy atom. The van der Waals surface area contributed by atoms with E-state index in [-0.39, 0.29) is 0 Å². The molecule has 1 aromatic rings. The van der Waals surface area contributed by atoms with Crippen LogP contribution in [0.5, 0.6) is 0 Å². The van der Waals surface area contributed by atoms with Crippen molar-refractivity contribution in [2.24, 2.45) is 0 Å². The molecule has 1 rings (SSSR count). The van der Waals surface area contributed by atoms with Crippen LogP contribution < -0.4 is 0 Å². The van der Waals surface area contributed by atoms with Crippen LogP contribution in [-0.4, -0.2) is 0 Å². The monoisotopic (exact) mass is 382 g/mol. The first kappa shape index (κ1) is 16.5. The molecule has 0 nitrogen and oxygen atoms in total. The second-order valence-electron chi connectivity index (χ2n) is 4.46. The summed E-state index contributed by atoms with van der Waals surface area (Å²) in [6.07, 6.45) is -0.330. The highest BCUT2D eigenvalue weighted by Crippen LogP contribution is 2.33. The summed E-state index contributed by atoms with van der Waals surface area (Å²) in [5, 5.41) is 0. The maximum atomic E-state index is 12.5. The van der Waals surface area contributed by atoms with Gasteiger partial charge in [0.2, 0.25) is 0 Å². The van der Waals surface area contributed by atoms with Crippen LogP contribution in [0.4, 0.5) is 13.2 Å². The molecule has 0 radical (unpaired) electrons. The highest BCUT2D eigenvalue weighted by Gasteiger charge is 2.30. The zero-order valence-electron chi connectivity index (χ0n) is 11.1. The SMILES string of the molecule is CCC/C(I)=C(\CCC)c1ccc(C(F)(F)F)cc1. The normalized spacial score (nSPS) is 13.4. The predicted molar refractivity (Wildman–Crippen MR) is 82.2 cm³/mol. The number of rotatable bonds is 5. The van der Waals surface area contributed by atoms with Gasteiger partial charge in [-0.05, 0) is 62.3 Å². The Labute approximate surface area is 126 Å². The van der Waals surface area contributed by atoms with Crippen LogP contribution in [0.3, 0.4) is 0 Å². The van der Waals surface area contributed by atoms with Crippen molar-refractivity contribution < 1.29 is 13.2 Å². The van der Waals surface area contributed by atoms with Gasteiger partial charge in [-0.1, -0.05) is 38.8 Å². The standard InChI is InChI=1S/C15H18F3I/c1-3-5-13(14(19)6-4-2)11-7-9-12(10-8-11)15(16,17)18/h7-10H,3-6H2,1-2H3/b14-13-. The lowest BCUT2D eigenvalue weighted by molar-refractivity contribution is -0.137. The first-order valence-corrected chi connectivity index (χ1v) is 7.53. The van der Waals surface area contributed by atoms with E-state index in [9.17, 15) is 13.2 Å². The van der Waals surface area contributed by atoms with Gasteiger partial charge < -0.3 is 0 Å². The fourth-order valence-corrected chi connectivity index (χ4v) is 3.04. The van der Waals surface area contributed by atoms with Gasteiger partial charge >= 0.3 is 6.18 Å². The summed E-state index contributed by atoms with van der Waals surface area (Å²) < 4.78 is 38.9. The predicted octanol–water partition coefficient (Wildman–Crippen LogP) is 6.45. The number of alkyl halides is 3. The fraction of sp³-hybridized carbons (Fsp3) is 0.467. The second kappa shape index (κ2) is 7.31. The smallest absolute Gasteiger partial charge is 0.166 e. The molecule has 0 aromatic heterocycles. The maximum Gasteiger partial charge on any atom is 0.416 e. The zero-order chi connectivity index (χ0) is 14.5. The van der Waals surface area contributed by atoms with E-state index >= 15 is 0 Å². The number of benzene rings is 1. The molecule has 0 unspecified atom stereocenters. The van der Waals surface area contributed by atoms with Crippen molar-refractivity contribution in [3.8, 4) is 0 Å². The Hall–Kier alpha value is -0.520. The van der Waals surface area contributed by atoms with Crippen LogP contribution in [0.2, 0.25) is 0 Å². The Bertz CT molecular complexity index is 430. The summed E-state index contributed by atoms with van der Waals surface area (Å²) in [4.78, 5) is 0. The van der Waals surface area contributed by atoms with E-state index in [0.717, 1.165) is 31.2 Å². The van der Waals surface area contributed by atoms with Crippen molar-refractivity contribution in [1.29, 1.82) is 0 Å². The summed E-state index contributed by atoms with van der Waals surface area (Å²) >= 11 is 2.31. The van der Waals surface area contributed by atoms with E-state index in [1.165, 1.54) is 21.3 Å². The molecule has 0 aliphatic heterocycles. The Morgan fingerprint density at radius 2 is 1.53 bits per heavy atom. The molecule has 0 fully saturated rings. The summed E-state index contributed by atoms with van der Waals surface area (Å²) in [6, 6.07) is 5.51. The minimum atomic E-state index is -4.26. The fourth-order valence-electron chi connectivity index (χ4n) is 1.92. The van der Waals surface area contributed by atoms with Crippen molar-refractivity contribution in [2.75, 3.05) is 0 Å². The van der Waals surface area contributed by atoms with Crippen molar-refractivity contribution in [2.45, 2.75) is 45.7 Å². The van der Waals surface area contributed by atoms with Crippen molar-refractivity contribution in [3.05, 3.63) is 39.0 Å². The van der Waals surface area contributed by atoms with Crippen molar-refractivity contribution >= 4 is 28.2 Å². The number of halogens is 4. The number of hydrogen-bond donors (Lipinski definition) is 0. The molecule has 0 amide bonds. The van der Waals surface area contributed by atoms with Crippen LogP contribution >= 0.6 is 22.6 Å². The molecule has 0 saturated heterocycles. The molecule has 4 heteroatoms. The average molecular weight is 382 g/mol. The first-order chi connectivity index (χ1) is 8.90. The third-order valence-corrected chi connectivity index (χ3v) is 4.05. The molecule has 0 N–H and O–H groups in total. The lowest BCUT2D eigenvalue weighted by atomic mass is 9.98. The quantitative estimate of drug-likeness (QED) is 0.514. The van der Waals surface area contributed by atoms with Crippen LogP contribution in [0.25, 0.3) is 5.57 Å². The maximum absolute atomic E-state index is 12.5. The summed E-state index contributed by atoms with van der Waals surface area (Å²) in [5.74, 6) is 0. The van der Waals surface area contributed by atoms with E-state index in [1.807, 2.05) is 0 Å². The third kappa shape index (κ3) is 4.82. The second-order valence-corrected chi connectivity index (χ2v) is 5.76. The number of allylic oxidation sites excluding steroid dienone is 2. The molecular weight excluding hydrogens is 364 g/mol. The Balaban J connectivity index is 3.08.